The lowest BCUT2D eigenvalue weighted by atomic mass is 10.2. The fraction of sp³-hybridized carbons (Fsp3) is 0.154. The summed E-state index contributed by atoms with van der Waals surface area (Å²) in [6.45, 7) is 0. The Labute approximate surface area is 118 Å². The van der Waals surface area contributed by atoms with E-state index in [9.17, 15) is 18.4 Å². The van der Waals surface area contributed by atoms with Gasteiger partial charge in [-0.1, -0.05) is 12.1 Å². The first-order valence-electron chi connectivity index (χ1n) is 5.44. The summed E-state index contributed by atoms with van der Waals surface area (Å²) in [5.74, 6) is 0.760. The summed E-state index contributed by atoms with van der Waals surface area (Å²) in [6, 6.07) is 6.81. The van der Waals surface area contributed by atoms with E-state index < -0.39 is 11.7 Å². The molecule has 108 valence electrons. The van der Waals surface area contributed by atoms with Crippen molar-refractivity contribution in [3.8, 4) is 5.75 Å². The van der Waals surface area contributed by atoms with Crippen molar-refractivity contribution in [2.24, 2.45) is 0 Å². The fourth-order valence-electron chi connectivity index (χ4n) is 1.25. The highest BCUT2D eigenvalue weighted by molar-refractivity contribution is 6.17. The van der Waals surface area contributed by atoms with Crippen LogP contribution in [0.1, 0.15) is 5.56 Å². The molecule has 0 unspecified atom stereocenters. The zero-order chi connectivity index (χ0) is 15.0. The van der Waals surface area contributed by atoms with Crippen LogP contribution >= 0.6 is 11.6 Å². The molecular weight excluding hydrogens is 295 g/mol. The number of alkyl halides is 4. The van der Waals surface area contributed by atoms with Crippen molar-refractivity contribution >= 4 is 17.8 Å². The second-order valence-electron chi connectivity index (χ2n) is 3.61. The Morgan fingerprint density at radius 2 is 2.15 bits per heavy atom. The van der Waals surface area contributed by atoms with Crippen LogP contribution in [0.2, 0.25) is 0 Å². The number of benzene rings is 1. The highest BCUT2D eigenvalue weighted by Gasteiger charge is 2.33. The molecule has 7 heteroatoms. The van der Waals surface area contributed by atoms with Gasteiger partial charge in [0, 0.05) is 5.88 Å². The molecular formula is C13H11ClF3NO2. The predicted octanol–water partition coefficient (Wildman–Crippen LogP) is 2.46. The molecule has 1 N–H and O–H groups in total. The van der Waals surface area contributed by atoms with Crippen molar-refractivity contribution in [3.63, 3.8) is 0 Å². The summed E-state index contributed by atoms with van der Waals surface area (Å²) < 4.78 is 42.3. The van der Waals surface area contributed by atoms with Crippen LogP contribution in [0.4, 0.5) is 13.2 Å². The highest BCUT2D eigenvalue weighted by Crippen LogP contribution is 2.23. The van der Waals surface area contributed by atoms with E-state index in [1.807, 2.05) is 0 Å². The van der Waals surface area contributed by atoms with Crippen molar-refractivity contribution < 1.29 is 23.1 Å². The molecule has 0 heterocycles. The van der Waals surface area contributed by atoms with E-state index >= 15 is 0 Å². The molecule has 1 rings (SSSR count). The van der Waals surface area contributed by atoms with Crippen LogP contribution in [-0.4, -0.2) is 12.4 Å². The van der Waals surface area contributed by atoms with Gasteiger partial charge in [0.15, 0.2) is 6.21 Å². The van der Waals surface area contributed by atoms with Crippen LogP contribution in [0.15, 0.2) is 48.3 Å². The Hall–Kier alpha value is -1.95. The molecule has 3 nitrogen and oxygen atoms in total. The van der Waals surface area contributed by atoms with E-state index in [0.717, 1.165) is 29.1 Å². The predicted molar refractivity (Wildman–Crippen MR) is 70.3 cm³/mol. The van der Waals surface area contributed by atoms with Crippen molar-refractivity contribution in [2.75, 3.05) is 0 Å². The van der Waals surface area contributed by atoms with Crippen molar-refractivity contribution in [3.05, 3.63) is 59.0 Å². The summed E-state index contributed by atoms with van der Waals surface area (Å²) >= 11 is 5.64. The fourth-order valence-corrected chi connectivity index (χ4v) is 1.42. The van der Waals surface area contributed by atoms with Gasteiger partial charge in [0.1, 0.15) is 11.3 Å². The van der Waals surface area contributed by atoms with Crippen LogP contribution in [0, 0.1) is 5.21 Å². The van der Waals surface area contributed by atoms with E-state index in [2.05, 4.69) is 0 Å². The van der Waals surface area contributed by atoms with Gasteiger partial charge in [-0.25, -0.2) is 5.16 Å². The number of hydrogen-bond acceptors (Lipinski definition) is 2. The molecule has 20 heavy (non-hydrogen) atoms. The van der Waals surface area contributed by atoms with E-state index in [1.165, 1.54) is 0 Å². The Morgan fingerprint density at radius 1 is 1.40 bits per heavy atom. The van der Waals surface area contributed by atoms with Gasteiger partial charge in [-0.15, -0.1) is 11.6 Å². The smallest absolute Gasteiger partial charge is 0.422 e. The summed E-state index contributed by atoms with van der Waals surface area (Å²) in [6.07, 6.45) is -1.45. The molecule has 0 aliphatic rings. The minimum atomic E-state index is -4.61. The van der Waals surface area contributed by atoms with Gasteiger partial charge in [-0.05, 0) is 29.8 Å². The van der Waals surface area contributed by atoms with Gasteiger partial charge in [0.25, 0.3) is 0 Å². The monoisotopic (exact) mass is 305 g/mol. The van der Waals surface area contributed by atoms with Gasteiger partial charge in [-0.3, -0.25) is 0 Å². The third kappa shape index (κ3) is 5.36. The molecule has 0 saturated carbocycles. The second-order valence-corrected chi connectivity index (χ2v) is 3.88. The molecule has 0 amide bonds. The topological polar surface area (TPSA) is 46.3 Å². The molecule has 0 aromatic heterocycles. The molecule has 0 spiro atoms. The molecule has 1 aromatic carbocycles. The minimum absolute atomic E-state index is 0.309. The lowest BCUT2D eigenvalue weighted by molar-refractivity contribution is -0.367. The van der Waals surface area contributed by atoms with E-state index in [1.54, 1.807) is 24.3 Å². The lowest BCUT2D eigenvalue weighted by Crippen LogP contribution is -2.61. The first kappa shape index (κ1) is 16.1. The standard InChI is InChI=1S/C13H11ClF3NO2/c14-8-10-3-1-5-12(7-10)20-6-2-4-11(9-18-19)13(15,16)17/h1-7,9,18H,8H2/b6-2+,11-4+,18-9+. The van der Waals surface area contributed by atoms with Crippen molar-refractivity contribution in [2.45, 2.75) is 12.1 Å². The van der Waals surface area contributed by atoms with Crippen LogP contribution < -0.4 is 9.89 Å². The molecule has 0 aliphatic carbocycles. The summed E-state index contributed by atoms with van der Waals surface area (Å²) in [5.41, 5.74) is -0.283. The quantitative estimate of drug-likeness (QED) is 0.227. The summed E-state index contributed by atoms with van der Waals surface area (Å²) in [4.78, 5) is 0. The third-order valence-electron chi connectivity index (χ3n) is 2.15. The van der Waals surface area contributed by atoms with Gasteiger partial charge in [-0.2, -0.15) is 13.2 Å². The molecule has 0 fully saturated rings. The zero-order valence-electron chi connectivity index (χ0n) is 10.2. The third-order valence-corrected chi connectivity index (χ3v) is 2.46. The van der Waals surface area contributed by atoms with Crippen LogP contribution in [0.3, 0.4) is 0 Å². The average molecular weight is 306 g/mol. The summed E-state index contributed by atoms with van der Waals surface area (Å²) in [5, 5.41) is 11.1. The minimum Gasteiger partial charge on any atom is -0.625 e. The zero-order valence-corrected chi connectivity index (χ0v) is 10.9. The molecule has 0 bridgehead atoms. The summed E-state index contributed by atoms with van der Waals surface area (Å²) in [7, 11) is 0. The van der Waals surface area contributed by atoms with Gasteiger partial charge in [0.05, 0.1) is 6.26 Å². The van der Waals surface area contributed by atoms with Crippen molar-refractivity contribution in [1.82, 2.24) is 0 Å². The number of nitrogens with one attached hydrogen (secondary N) is 1. The number of hydrogen-bond donors (Lipinski definition) is 1. The number of allylic oxidation sites excluding steroid dienone is 3. The number of halogens is 4. The van der Waals surface area contributed by atoms with Crippen LogP contribution in [-0.2, 0) is 5.88 Å². The number of ether oxygens (including phenoxy) is 1. The normalized spacial score (nSPS) is 13.3. The molecule has 1 aromatic rings. The second kappa shape index (κ2) is 7.59. The first-order chi connectivity index (χ1) is 9.47. The van der Waals surface area contributed by atoms with Gasteiger partial charge < -0.3 is 9.94 Å². The first-order valence-corrected chi connectivity index (χ1v) is 5.97. The maximum absolute atomic E-state index is 12.4. The Kier molecular flexibility index (Phi) is 6.11. The highest BCUT2D eigenvalue weighted by atomic mass is 35.5. The molecule has 0 atom stereocenters. The maximum Gasteiger partial charge on any atom is 0.422 e. The molecule has 0 radical (unpaired) electrons. The maximum atomic E-state index is 12.4. The number of rotatable bonds is 5. The van der Waals surface area contributed by atoms with E-state index in [-0.39, 0.29) is 0 Å². The SMILES string of the molecule is [O-]/[NH+]=C/C(=C\C=C\Oc1cccc(CCl)c1)C(F)(F)F. The largest absolute Gasteiger partial charge is 0.625 e. The Morgan fingerprint density at radius 3 is 2.75 bits per heavy atom. The van der Waals surface area contributed by atoms with Gasteiger partial charge >= 0.3 is 6.18 Å². The van der Waals surface area contributed by atoms with Crippen molar-refractivity contribution in [1.29, 1.82) is 0 Å². The van der Waals surface area contributed by atoms with Crippen LogP contribution in [0.5, 0.6) is 5.75 Å². The van der Waals surface area contributed by atoms with Crippen LogP contribution in [0.25, 0.3) is 0 Å². The molecule has 0 aliphatic heterocycles. The Balaban J connectivity index is 2.72. The average Bonchev–Trinajstić information content (AvgIpc) is 2.41. The van der Waals surface area contributed by atoms with E-state index in [0.29, 0.717) is 17.8 Å². The van der Waals surface area contributed by atoms with Gasteiger partial charge in [0.2, 0.25) is 0 Å². The molecule has 0 saturated heterocycles. The Bertz CT molecular complexity index is 525. The lowest BCUT2D eigenvalue weighted by Gasteiger charge is -2.03. The van der Waals surface area contributed by atoms with E-state index in [4.69, 9.17) is 16.3 Å².